The van der Waals surface area contributed by atoms with Gasteiger partial charge in [-0.05, 0) is 43.2 Å². The molecular formula is C19H18FN3O3S. The van der Waals surface area contributed by atoms with Gasteiger partial charge in [-0.1, -0.05) is 29.4 Å². The van der Waals surface area contributed by atoms with Gasteiger partial charge in [0.1, 0.15) is 5.82 Å². The highest BCUT2D eigenvalue weighted by Gasteiger charge is 2.31. The average Bonchev–Trinajstić information content (AvgIpc) is 3.19. The molecule has 4 rings (SSSR count). The molecule has 0 bridgehead atoms. The van der Waals surface area contributed by atoms with Crippen molar-refractivity contribution in [1.82, 2.24) is 14.4 Å². The van der Waals surface area contributed by atoms with E-state index in [1.165, 1.54) is 16.4 Å². The summed E-state index contributed by atoms with van der Waals surface area (Å²) >= 11 is 0. The number of nitrogens with zero attached hydrogens (tertiary/aromatic N) is 3. The molecule has 27 heavy (non-hydrogen) atoms. The van der Waals surface area contributed by atoms with Crippen molar-refractivity contribution < 1.29 is 17.3 Å². The standard InChI is InChI=1S/C19H18FN3O3S/c20-16-6-4-5-15(13-16)19-21-18(22-26-19)14-9-11-23(12-10-14)27(24,25)17-7-2-1-3-8-17/h1-8,13-14H,9-12H2. The summed E-state index contributed by atoms with van der Waals surface area (Å²) < 4.78 is 45.5. The highest BCUT2D eigenvalue weighted by molar-refractivity contribution is 7.89. The fourth-order valence-corrected chi connectivity index (χ4v) is 4.73. The van der Waals surface area contributed by atoms with Gasteiger partial charge in [0.05, 0.1) is 4.90 Å². The second kappa shape index (κ2) is 7.21. The Morgan fingerprint density at radius 2 is 1.78 bits per heavy atom. The van der Waals surface area contributed by atoms with Crippen molar-refractivity contribution >= 4 is 10.0 Å². The molecule has 1 aliphatic rings. The van der Waals surface area contributed by atoms with Crippen molar-refractivity contribution in [2.24, 2.45) is 0 Å². The molecule has 6 nitrogen and oxygen atoms in total. The van der Waals surface area contributed by atoms with Crippen molar-refractivity contribution in [1.29, 1.82) is 0 Å². The molecule has 0 unspecified atom stereocenters. The zero-order chi connectivity index (χ0) is 18.9. The summed E-state index contributed by atoms with van der Waals surface area (Å²) in [5.41, 5.74) is 0.526. The molecule has 8 heteroatoms. The van der Waals surface area contributed by atoms with E-state index in [1.54, 1.807) is 42.5 Å². The quantitative estimate of drug-likeness (QED) is 0.685. The normalized spacial score (nSPS) is 16.5. The van der Waals surface area contributed by atoms with Crippen LogP contribution in [0.25, 0.3) is 11.5 Å². The van der Waals surface area contributed by atoms with Crippen LogP contribution in [0.4, 0.5) is 4.39 Å². The average molecular weight is 387 g/mol. The van der Waals surface area contributed by atoms with Gasteiger partial charge >= 0.3 is 0 Å². The van der Waals surface area contributed by atoms with Crippen LogP contribution in [0.3, 0.4) is 0 Å². The number of piperidine rings is 1. The van der Waals surface area contributed by atoms with Crippen molar-refractivity contribution in [2.75, 3.05) is 13.1 Å². The topological polar surface area (TPSA) is 76.3 Å². The van der Waals surface area contributed by atoms with Crippen molar-refractivity contribution in [3.8, 4) is 11.5 Å². The molecule has 0 radical (unpaired) electrons. The predicted octanol–water partition coefficient (Wildman–Crippen LogP) is 3.44. The van der Waals surface area contributed by atoms with Crippen molar-refractivity contribution in [2.45, 2.75) is 23.7 Å². The number of hydrogen-bond acceptors (Lipinski definition) is 5. The first-order valence-electron chi connectivity index (χ1n) is 8.69. The summed E-state index contributed by atoms with van der Waals surface area (Å²) in [4.78, 5) is 4.68. The molecule has 0 saturated carbocycles. The fraction of sp³-hybridized carbons (Fsp3) is 0.263. The molecular weight excluding hydrogens is 369 g/mol. The number of sulfonamides is 1. The summed E-state index contributed by atoms with van der Waals surface area (Å²) in [6.07, 6.45) is 1.21. The van der Waals surface area contributed by atoms with E-state index in [9.17, 15) is 12.8 Å². The summed E-state index contributed by atoms with van der Waals surface area (Å²) in [5.74, 6) is 0.444. The Morgan fingerprint density at radius 1 is 1.04 bits per heavy atom. The fourth-order valence-electron chi connectivity index (χ4n) is 3.24. The molecule has 2 heterocycles. The van der Waals surface area contributed by atoms with Crippen LogP contribution in [0, 0.1) is 5.82 Å². The molecule has 0 aliphatic carbocycles. The number of halogens is 1. The highest BCUT2D eigenvalue weighted by Crippen LogP contribution is 2.30. The van der Waals surface area contributed by atoms with Crippen LogP contribution in [0.5, 0.6) is 0 Å². The first kappa shape index (κ1) is 17.8. The summed E-state index contributed by atoms with van der Waals surface area (Å²) in [6, 6.07) is 14.4. The summed E-state index contributed by atoms with van der Waals surface area (Å²) in [6.45, 7) is 0.789. The van der Waals surface area contributed by atoms with Gasteiger partial charge in [0.15, 0.2) is 5.82 Å². The Bertz CT molecular complexity index is 1030. The maximum Gasteiger partial charge on any atom is 0.258 e. The lowest BCUT2D eigenvalue weighted by atomic mass is 9.97. The Balaban J connectivity index is 1.46. The third-order valence-electron chi connectivity index (χ3n) is 4.71. The lowest BCUT2D eigenvalue weighted by Crippen LogP contribution is -2.38. The molecule has 0 atom stereocenters. The largest absolute Gasteiger partial charge is 0.334 e. The van der Waals surface area contributed by atoms with Crippen molar-refractivity contribution in [3.63, 3.8) is 0 Å². The Kier molecular flexibility index (Phi) is 4.75. The first-order chi connectivity index (χ1) is 13.0. The Morgan fingerprint density at radius 3 is 2.48 bits per heavy atom. The van der Waals surface area contributed by atoms with E-state index in [2.05, 4.69) is 10.1 Å². The van der Waals surface area contributed by atoms with Gasteiger partial charge in [-0.3, -0.25) is 0 Å². The van der Waals surface area contributed by atoms with Gasteiger partial charge in [-0.25, -0.2) is 12.8 Å². The van der Waals surface area contributed by atoms with Gasteiger partial charge in [-0.15, -0.1) is 0 Å². The monoisotopic (exact) mass is 387 g/mol. The first-order valence-corrected chi connectivity index (χ1v) is 10.1. The molecule has 0 amide bonds. The van der Waals surface area contributed by atoms with E-state index in [0.717, 1.165) is 0 Å². The van der Waals surface area contributed by atoms with Crippen LogP contribution < -0.4 is 0 Å². The van der Waals surface area contributed by atoms with E-state index in [0.29, 0.717) is 42.2 Å². The van der Waals surface area contributed by atoms with E-state index < -0.39 is 10.0 Å². The van der Waals surface area contributed by atoms with Crippen LogP contribution in [-0.2, 0) is 10.0 Å². The number of rotatable bonds is 4. The molecule has 1 saturated heterocycles. The Labute approximate surface area is 156 Å². The van der Waals surface area contributed by atoms with Crippen LogP contribution in [0.15, 0.2) is 64.0 Å². The van der Waals surface area contributed by atoms with Gasteiger partial charge in [-0.2, -0.15) is 9.29 Å². The maximum atomic E-state index is 13.4. The minimum absolute atomic E-state index is 0.0123. The SMILES string of the molecule is O=S(=O)(c1ccccc1)N1CCC(c2noc(-c3cccc(F)c3)n2)CC1. The highest BCUT2D eigenvalue weighted by atomic mass is 32.2. The third-order valence-corrected chi connectivity index (χ3v) is 6.63. The third kappa shape index (κ3) is 3.63. The van der Waals surface area contributed by atoms with Gasteiger partial charge < -0.3 is 4.52 Å². The Hall–Kier alpha value is -2.58. The molecule has 3 aromatic rings. The molecule has 0 spiro atoms. The smallest absolute Gasteiger partial charge is 0.258 e. The molecule has 1 fully saturated rings. The molecule has 2 aromatic carbocycles. The van der Waals surface area contributed by atoms with Crippen LogP contribution in [-0.4, -0.2) is 36.0 Å². The number of benzene rings is 2. The van der Waals surface area contributed by atoms with Crippen LogP contribution in [0.1, 0.15) is 24.6 Å². The number of hydrogen-bond donors (Lipinski definition) is 0. The van der Waals surface area contributed by atoms with E-state index >= 15 is 0 Å². The maximum absolute atomic E-state index is 13.4. The van der Waals surface area contributed by atoms with Gasteiger partial charge in [0, 0.05) is 24.6 Å². The van der Waals surface area contributed by atoms with Crippen molar-refractivity contribution in [3.05, 3.63) is 66.2 Å². The van der Waals surface area contributed by atoms with E-state index in [1.807, 2.05) is 0 Å². The summed E-state index contributed by atoms with van der Waals surface area (Å²) in [7, 11) is -3.48. The minimum atomic E-state index is -3.48. The second-order valence-corrected chi connectivity index (χ2v) is 8.40. The van der Waals surface area contributed by atoms with Crippen LogP contribution in [0.2, 0.25) is 0 Å². The molecule has 1 aromatic heterocycles. The molecule has 1 aliphatic heterocycles. The van der Waals surface area contributed by atoms with Gasteiger partial charge in [0.2, 0.25) is 10.0 Å². The summed E-state index contributed by atoms with van der Waals surface area (Å²) in [5, 5.41) is 4.01. The lowest BCUT2D eigenvalue weighted by Gasteiger charge is -2.29. The number of aromatic nitrogens is 2. The second-order valence-electron chi connectivity index (χ2n) is 6.46. The van der Waals surface area contributed by atoms with Crippen LogP contribution >= 0.6 is 0 Å². The molecule has 0 N–H and O–H groups in total. The zero-order valence-electron chi connectivity index (χ0n) is 14.5. The van der Waals surface area contributed by atoms with E-state index in [-0.39, 0.29) is 17.6 Å². The lowest BCUT2D eigenvalue weighted by molar-refractivity contribution is 0.307. The molecule has 140 valence electrons. The predicted molar refractivity (Wildman–Crippen MR) is 96.9 cm³/mol. The van der Waals surface area contributed by atoms with Gasteiger partial charge in [0.25, 0.3) is 5.89 Å². The van der Waals surface area contributed by atoms with E-state index in [4.69, 9.17) is 4.52 Å². The zero-order valence-corrected chi connectivity index (χ0v) is 15.3. The minimum Gasteiger partial charge on any atom is -0.334 e.